The van der Waals surface area contributed by atoms with Gasteiger partial charge in [-0.25, -0.2) is 8.78 Å². The number of aliphatic hydroxyl groups is 1. The van der Waals surface area contributed by atoms with E-state index in [1.807, 2.05) is 19.1 Å². The summed E-state index contributed by atoms with van der Waals surface area (Å²) in [5.41, 5.74) is 0.278. The molecule has 2 aromatic carbocycles. The van der Waals surface area contributed by atoms with Crippen LogP contribution >= 0.6 is 11.5 Å². The van der Waals surface area contributed by atoms with Crippen molar-refractivity contribution < 1.29 is 46.5 Å². The number of rotatable bonds is 9. The minimum Gasteiger partial charge on any atom is -0.485 e. The molecular weight excluding hydrogens is 606 g/mol. The van der Waals surface area contributed by atoms with Crippen molar-refractivity contribution in [1.29, 1.82) is 0 Å². The predicted octanol–water partition coefficient (Wildman–Crippen LogP) is 4.67. The molecule has 2 unspecified atom stereocenters. The fourth-order valence-corrected chi connectivity index (χ4v) is 5.18. The molecule has 2 amide bonds. The molecule has 1 aromatic heterocycles. The van der Waals surface area contributed by atoms with E-state index in [1.54, 1.807) is 32.3 Å². The van der Waals surface area contributed by atoms with Crippen LogP contribution in [0, 0.1) is 36.1 Å². The van der Waals surface area contributed by atoms with Crippen LogP contribution in [0.15, 0.2) is 30.3 Å². The van der Waals surface area contributed by atoms with E-state index < -0.39 is 77.6 Å². The number of likely N-dealkylation sites (tertiary alicyclic amines) is 1. The lowest BCUT2D eigenvalue weighted by atomic mass is 9.95. The highest BCUT2D eigenvalue weighted by atomic mass is 32.1. The van der Waals surface area contributed by atoms with E-state index in [1.165, 1.54) is 15.0 Å². The average molecular weight is 642 g/mol. The Bertz CT molecular complexity index is 1430. The average Bonchev–Trinajstić information content (AvgIpc) is 3.35. The standard InChI is InChI=1S/C22H28F4N2O6.C8H7NS/c1-22(2,3)34-17(31)9-15(27-21(32)12-4-6-28(11-29)7-5-12)16(30)10-33-20-18(25)13(23)8-14(24)19(20)26;1-6-7-4-2-3-5-8(7)10-9-6/h8,11-12,15-16,30H,4-7,9-10H2,1-3H3,(H,27,32);2-5H,1H3. The largest absolute Gasteiger partial charge is 0.485 e. The molecule has 240 valence electrons. The van der Waals surface area contributed by atoms with Crippen LogP contribution in [0.2, 0.25) is 0 Å². The third-order valence-electron chi connectivity index (χ3n) is 6.68. The van der Waals surface area contributed by atoms with Crippen LogP contribution in [0.3, 0.4) is 0 Å². The van der Waals surface area contributed by atoms with Gasteiger partial charge in [0, 0.05) is 30.5 Å². The van der Waals surface area contributed by atoms with E-state index in [-0.39, 0.29) is 6.07 Å². The number of hydrogen-bond donors (Lipinski definition) is 2. The SMILES string of the molecule is CC(C)(C)OC(=O)CC(NC(=O)C1CCN(C=O)CC1)C(O)COc1c(F)c(F)cc(F)c1F.Cc1nsc2ccccc12. The molecule has 0 radical (unpaired) electrons. The number of nitrogens with one attached hydrogen (secondary N) is 1. The molecule has 0 spiro atoms. The number of ether oxygens (including phenoxy) is 2. The molecule has 2 heterocycles. The van der Waals surface area contributed by atoms with Crippen LogP contribution in [0.5, 0.6) is 5.75 Å². The number of carbonyl (C=O) groups is 3. The summed E-state index contributed by atoms with van der Waals surface area (Å²) in [5, 5.41) is 14.3. The van der Waals surface area contributed by atoms with Crippen molar-refractivity contribution in [3.8, 4) is 5.75 Å². The fraction of sp³-hybridized carbons (Fsp3) is 0.467. The molecule has 14 heteroatoms. The second kappa shape index (κ2) is 15.3. The second-order valence-electron chi connectivity index (χ2n) is 11.3. The van der Waals surface area contributed by atoms with Gasteiger partial charge in [-0.15, -0.1) is 0 Å². The van der Waals surface area contributed by atoms with Gasteiger partial charge in [0.15, 0.2) is 17.4 Å². The number of aromatic nitrogens is 1. The van der Waals surface area contributed by atoms with Crippen molar-refractivity contribution in [3.05, 3.63) is 59.3 Å². The highest BCUT2D eigenvalue weighted by molar-refractivity contribution is 7.13. The van der Waals surface area contributed by atoms with Gasteiger partial charge < -0.3 is 24.8 Å². The summed E-state index contributed by atoms with van der Waals surface area (Å²) in [6.07, 6.45) is -0.821. The van der Waals surface area contributed by atoms with Gasteiger partial charge in [-0.1, -0.05) is 18.2 Å². The number of aryl methyl sites for hydroxylation is 1. The minimum atomic E-state index is -1.79. The highest BCUT2D eigenvalue weighted by Gasteiger charge is 2.32. The molecule has 2 N–H and O–H groups in total. The van der Waals surface area contributed by atoms with Crippen molar-refractivity contribution >= 4 is 39.9 Å². The first-order chi connectivity index (χ1) is 20.7. The summed E-state index contributed by atoms with van der Waals surface area (Å²) in [6.45, 7) is 6.70. The second-order valence-corrected chi connectivity index (χ2v) is 12.1. The first kappa shape index (κ1) is 34.7. The Kier molecular flexibility index (Phi) is 12.1. The molecule has 2 atom stereocenters. The molecule has 0 aliphatic carbocycles. The molecule has 0 saturated carbocycles. The van der Waals surface area contributed by atoms with Crippen molar-refractivity contribution in [2.45, 2.75) is 64.7 Å². The number of carbonyl (C=O) groups excluding carboxylic acids is 3. The van der Waals surface area contributed by atoms with Gasteiger partial charge in [0.25, 0.3) is 0 Å². The number of amides is 2. The summed E-state index contributed by atoms with van der Waals surface area (Å²) < 4.78 is 70.0. The monoisotopic (exact) mass is 641 g/mol. The number of piperidine rings is 1. The quantitative estimate of drug-likeness (QED) is 0.151. The Morgan fingerprint density at radius 1 is 1.14 bits per heavy atom. The summed E-state index contributed by atoms with van der Waals surface area (Å²) in [5.74, 6) is -10.1. The summed E-state index contributed by atoms with van der Waals surface area (Å²) >= 11 is 1.56. The molecular formula is C30H35F4N3O6S. The first-order valence-corrected chi connectivity index (χ1v) is 14.6. The Hall–Kier alpha value is -3.78. The van der Waals surface area contributed by atoms with E-state index in [9.17, 15) is 37.1 Å². The number of halogens is 4. The van der Waals surface area contributed by atoms with Crippen LogP contribution in [0.4, 0.5) is 17.6 Å². The van der Waals surface area contributed by atoms with Crippen LogP contribution in [0.1, 0.15) is 45.7 Å². The van der Waals surface area contributed by atoms with Crippen LogP contribution in [-0.2, 0) is 19.1 Å². The number of nitrogens with zero attached hydrogens (tertiary/aromatic N) is 2. The Morgan fingerprint density at radius 2 is 1.75 bits per heavy atom. The lowest BCUT2D eigenvalue weighted by molar-refractivity contribution is -0.156. The molecule has 1 aliphatic heterocycles. The Labute approximate surface area is 256 Å². The summed E-state index contributed by atoms with van der Waals surface area (Å²) in [4.78, 5) is 37.4. The van der Waals surface area contributed by atoms with E-state index in [0.717, 1.165) is 5.69 Å². The molecule has 1 saturated heterocycles. The van der Waals surface area contributed by atoms with Crippen LogP contribution in [0.25, 0.3) is 10.1 Å². The molecule has 1 fully saturated rings. The lowest BCUT2D eigenvalue weighted by Gasteiger charge is -2.31. The normalized spacial score (nSPS) is 15.2. The molecule has 3 aromatic rings. The molecule has 0 bridgehead atoms. The van der Waals surface area contributed by atoms with E-state index in [0.29, 0.717) is 32.3 Å². The maximum Gasteiger partial charge on any atom is 0.308 e. The maximum absolute atomic E-state index is 13.8. The third kappa shape index (κ3) is 9.61. The molecule has 44 heavy (non-hydrogen) atoms. The number of hydrogen-bond acceptors (Lipinski definition) is 8. The Balaban J connectivity index is 0.000000440. The molecule has 1 aliphatic rings. The van der Waals surface area contributed by atoms with Gasteiger partial charge in [-0.2, -0.15) is 13.2 Å². The van der Waals surface area contributed by atoms with E-state index >= 15 is 0 Å². The van der Waals surface area contributed by atoms with Gasteiger partial charge in [0.1, 0.15) is 18.3 Å². The predicted molar refractivity (Wildman–Crippen MR) is 155 cm³/mol. The van der Waals surface area contributed by atoms with Gasteiger partial charge in [-0.3, -0.25) is 14.4 Å². The van der Waals surface area contributed by atoms with Gasteiger partial charge in [0.2, 0.25) is 24.0 Å². The maximum atomic E-state index is 13.8. The fourth-order valence-electron chi connectivity index (χ4n) is 4.39. The van der Waals surface area contributed by atoms with Crippen LogP contribution < -0.4 is 10.1 Å². The zero-order valence-electron chi connectivity index (χ0n) is 24.7. The summed E-state index contributed by atoms with van der Waals surface area (Å²) in [6, 6.07) is 7.00. The van der Waals surface area contributed by atoms with E-state index in [2.05, 4.69) is 21.8 Å². The summed E-state index contributed by atoms with van der Waals surface area (Å²) in [7, 11) is 0. The number of aliphatic hydroxyl groups excluding tert-OH is 1. The van der Waals surface area contributed by atoms with Gasteiger partial charge in [0.05, 0.1) is 22.9 Å². The van der Waals surface area contributed by atoms with Crippen molar-refractivity contribution in [3.63, 3.8) is 0 Å². The number of benzene rings is 2. The smallest absolute Gasteiger partial charge is 0.308 e. The topological polar surface area (TPSA) is 118 Å². The molecule has 9 nitrogen and oxygen atoms in total. The van der Waals surface area contributed by atoms with E-state index in [4.69, 9.17) is 9.47 Å². The number of esters is 1. The lowest BCUT2D eigenvalue weighted by Crippen LogP contribution is -2.50. The zero-order valence-corrected chi connectivity index (χ0v) is 25.6. The number of fused-ring (bicyclic) bond motifs is 1. The Morgan fingerprint density at radius 3 is 2.32 bits per heavy atom. The zero-order chi connectivity index (χ0) is 32.6. The molecule has 4 rings (SSSR count). The van der Waals surface area contributed by atoms with Crippen molar-refractivity contribution in [2.24, 2.45) is 5.92 Å². The highest BCUT2D eigenvalue weighted by Crippen LogP contribution is 2.27. The van der Waals surface area contributed by atoms with Crippen LogP contribution in [-0.4, -0.2) is 70.1 Å². The van der Waals surface area contributed by atoms with Crippen molar-refractivity contribution in [2.75, 3.05) is 19.7 Å². The van der Waals surface area contributed by atoms with Crippen molar-refractivity contribution in [1.82, 2.24) is 14.6 Å². The van der Waals surface area contributed by atoms with Gasteiger partial charge >= 0.3 is 5.97 Å². The minimum absolute atomic E-state index is 0.00933. The third-order valence-corrected chi connectivity index (χ3v) is 7.59. The first-order valence-electron chi connectivity index (χ1n) is 13.9. The van der Waals surface area contributed by atoms with Gasteiger partial charge in [-0.05, 0) is 58.1 Å².